The van der Waals surface area contributed by atoms with Crippen LogP contribution in [0.5, 0.6) is 0 Å². The molecule has 0 unspecified atom stereocenters. The fourth-order valence-corrected chi connectivity index (χ4v) is 1.15. The zero-order valence-electron chi connectivity index (χ0n) is 6.79. The van der Waals surface area contributed by atoms with Gasteiger partial charge in [0.05, 0.1) is 5.54 Å². The monoisotopic (exact) mass is 185 g/mol. The van der Waals surface area contributed by atoms with Crippen molar-refractivity contribution in [1.82, 2.24) is 5.32 Å². The van der Waals surface area contributed by atoms with Crippen molar-refractivity contribution in [2.45, 2.75) is 38.2 Å². The molecule has 0 radical (unpaired) electrons. The summed E-state index contributed by atoms with van der Waals surface area (Å²) in [5.74, 6) is -2.54. The van der Waals surface area contributed by atoms with Crippen LogP contribution in [0.15, 0.2) is 0 Å². The fraction of sp³-hybridized carbons (Fsp3) is 1.00. The lowest BCUT2D eigenvalue weighted by Crippen LogP contribution is -2.57. The predicted octanol–water partition coefficient (Wildman–Crippen LogP) is 2.21. The zero-order valence-corrected chi connectivity index (χ0v) is 7.60. The number of nitrogens with one attached hydrogen (secondary N) is 1. The predicted molar refractivity (Wildman–Crippen MR) is 43.5 cm³/mol. The molecule has 1 fully saturated rings. The molecule has 1 rings (SSSR count). The Kier molecular flexibility index (Phi) is 3.27. The number of halogens is 3. The van der Waals surface area contributed by atoms with Crippen molar-refractivity contribution >= 4 is 12.4 Å². The van der Waals surface area contributed by atoms with E-state index in [2.05, 4.69) is 5.32 Å². The van der Waals surface area contributed by atoms with Crippen molar-refractivity contribution in [3.05, 3.63) is 0 Å². The molecule has 0 atom stereocenters. The summed E-state index contributed by atoms with van der Waals surface area (Å²) < 4.78 is 25.8. The van der Waals surface area contributed by atoms with Gasteiger partial charge in [-0.25, -0.2) is 8.78 Å². The third-order valence-electron chi connectivity index (χ3n) is 2.15. The van der Waals surface area contributed by atoms with Gasteiger partial charge in [-0.2, -0.15) is 0 Å². The Bertz CT molecular complexity index is 120. The lowest BCUT2D eigenvalue weighted by molar-refractivity contribution is -0.0983. The van der Waals surface area contributed by atoms with E-state index in [0.717, 1.165) is 0 Å². The van der Waals surface area contributed by atoms with Gasteiger partial charge in [0.2, 0.25) is 0 Å². The molecule has 68 valence electrons. The van der Waals surface area contributed by atoms with E-state index >= 15 is 0 Å². The average molecular weight is 186 g/mol. The van der Waals surface area contributed by atoms with E-state index in [1.807, 2.05) is 0 Å². The maximum absolute atomic E-state index is 12.9. The lowest BCUT2D eigenvalue weighted by atomic mass is 9.89. The Morgan fingerprint density at radius 3 is 2.09 bits per heavy atom. The van der Waals surface area contributed by atoms with Gasteiger partial charge in [-0.3, -0.25) is 0 Å². The highest BCUT2D eigenvalue weighted by atomic mass is 35.5. The summed E-state index contributed by atoms with van der Waals surface area (Å²) in [6.07, 6.45) is 0.601. The van der Waals surface area contributed by atoms with E-state index in [4.69, 9.17) is 0 Å². The Hall–Kier alpha value is 0.110. The lowest BCUT2D eigenvalue weighted by Gasteiger charge is -2.39. The van der Waals surface area contributed by atoms with E-state index in [1.54, 1.807) is 13.8 Å². The molecule has 11 heavy (non-hydrogen) atoms. The van der Waals surface area contributed by atoms with Crippen molar-refractivity contribution in [3.8, 4) is 0 Å². The molecule has 1 N–H and O–H groups in total. The van der Waals surface area contributed by atoms with E-state index < -0.39 is 11.5 Å². The molecule has 0 aromatic heterocycles. The summed E-state index contributed by atoms with van der Waals surface area (Å²) in [7, 11) is 0. The summed E-state index contributed by atoms with van der Waals surface area (Å²) in [6.45, 7) is 3.81. The number of piperidine rings is 1. The van der Waals surface area contributed by atoms with Gasteiger partial charge in [-0.15, -0.1) is 12.4 Å². The standard InChI is InChI=1S/C7H13F2N.ClH/c1-6(2)7(8,9)4-3-5-10-6;/h10H,3-5H2,1-2H3;1H. The number of alkyl halides is 2. The molecule has 0 amide bonds. The van der Waals surface area contributed by atoms with Crippen LogP contribution in [0.2, 0.25) is 0 Å². The van der Waals surface area contributed by atoms with Gasteiger partial charge in [-0.05, 0) is 26.8 Å². The molecule has 0 spiro atoms. The summed E-state index contributed by atoms with van der Waals surface area (Å²) in [4.78, 5) is 0. The molecule has 0 aromatic carbocycles. The van der Waals surface area contributed by atoms with Gasteiger partial charge in [0, 0.05) is 6.42 Å². The minimum Gasteiger partial charge on any atom is -0.307 e. The van der Waals surface area contributed by atoms with E-state index in [9.17, 15) is 8.78 Å². The topological polar surface area (TPSA) is 12.0 Å². The van der Waals surface area contributed by atoms with E-state index in [0.29, 0.717) is 13.0 Å². The second-order valence-electron chi connectivity index (χ2n) is 3.36. The van der Waals surface area contributed by atoms with Crippen LogP contribution in [0.25, 0.3) is 0 Å². The average Bonchev–Trinajstić information content (AvgIpc) is 1.77. The fourth-order valence-electron chi connectivity index (χ4n) is 1.15. The summed E-state index contributed by atoms with van der Waals surface area (Å²) in [5, 5.41) is 2.80. The molecular formula is C7H14ClF2N. The highest BCUT2D eigenvalue weighted by Crippen LogP contribution is 2.35. The van der Waals surface area contributed by atoms with Crippen LogP contribution < -0.4 is 5.32 Å². The molecular weight excluding hydrogens is 172 g/mol. The van der Waals surface area contributed by atoms with Crippen LogP contribution in [0.1, 0.15) is 26.7 Å². The summed E-state index contributed by atoms with van der Waals surface area (Å²) in [6, 6.07) is 0. The molecule has 1 aliphatic rings. The maximum Gasteiger partial charge on any atom is 0.265 e. The molecule has 0 aromatic rings. The van der Waals surface area contributed by atoms with Crippen LogP contribution in [-0.2, 0) is 0 Å². The number of rotatable bonds is 0. The first-order valence-electron chi connectivity index (χ1n) is 3.59. The molecule has 0 bridgehead atoms. The van der Waals surface area contributed by atoms with Gasteiger partial charge in [0.25, 0.3) is 5.92 Å². The normalized spacial score (nSPS) is 27.3. The minimum absolute atomic E-state index is 0. The van der Waals surface area contributed by atoms with Crippen molar-refractivity contribution < 1.29 is 8.78 Å². The molecule has 4 heteroatoms. The van der Waals surface area contributed by atoms with Crippen molar-refractivity contribution in [1.29, 1.82) is 0 Å². The molecule has 0 saturated carbocycles. The summed E-state index contributed by atoms with van der Waals surface area (Å²) in [5.41, 5.74) is -1.01. The third-order valence-corrected chi connectivity index (χ3v) is 2.15. The van der Waals surface area contributed by atoms with Crippen molar-refractivity contribution in [2.24, 2.45) is 0 Å². The second kappa shape index (κ2) is 3.23. The van der Waals surface area contributed by atoms with Crippen LogP contribution in [0, 0.1) is 0 Å². The zero-order chi connectivity index (χ0) is 7.83. The molecule has 1 saturated heterocycles. The van der Waals surface area contributed by atoms with Crippen LogP contribution >= 0.6 is 12.4 Å². The van der Waals surface area contributed by atoms with Gasteiger partial charge >= 0.3 is 0 Å². The quantitative estimate of drug-likeness (QED) is 0.610. The number of hydrogen-bond donors (Lipinski definition) is 1. The SMILES string of the molecule is CC1(C)NCCCC1(F)F.Cl. The Morgan fingerprint density at radius 1 is 1.27 bits per heavy atom. The number of hydrogen-bond acceptors (Lipinski definition) is 1. The first-order valence-corrected chi connectivity index (χ1v) is 3.59. The maximum atomic E-state index is 12.9. The molecule has 1 heterocycles. The third kappa shape index (κ3) is 2.03. The van der Waals surface area contributed by atoms with E-state index in [1.165, 1.54) is 0 Å². The van der Waals surface area contributed by atoms with Gasteiger partial charge in [0.15, 0.2) is 0 Å². The summed E-state index contributed by atoms with van der Waals surface area (Å²) >= 11 is 0. The van der Waals surface area contributed by atoms with Crippen molar-refractivity contribution in [3.63, 3.8) is 0 Å². The Labute approximate surface area is 72.0 Å². The van der Waals surface area contributed by atoms with Crippen LogP contribution in [0.3, 0.4) is 0 Å². The molecule has 1 nitrogen and oxygen atoms in total. The Morgan fingerprint density at radius 2 is 1.82 bits per heavy atom. The largest absolute Gasteiger partial charge is 0.307 e. The van der Waals surface area contributed by atoms with Crippen LogP contribution in [-0.4, -0.2) is 18.0 Å². The molecule has 1 aliphatic heterocycles. The van der Waals surface area contributed by atoms with Gasteiger partial charge in [-0.1, -0.05) is 0 Å². The van der Waals surface area contributed by atoms with Gasteiger partial charge in [0.1, 0.15) is 0 Å². The minimum atomic E-state index is -2.54. The Balaban J connectivity index is 0.000001000. The van der Waals surface area contributed by atoms with Crippen molar-refractivity contribution in [2.75, 3.05) is 6.54 Å². The highest BCUT2D eigenvalue weighted by Gasteiger charge is 2.47. The highest BCUT2D eigenvalue weighted by molar-refractivity contribution is 5.85. The van der Waals surface area contributed by atoms with E-state index in [-0.39, 0.29) is 18.8 Å². The first kappa shape index (κ1) is 11.1. The molecule has 0 aliphatic carbocycles. The van der Waals surface area contributed by atoms with Gasteiger partial charge < -0.3 is 5.32 Å². The smallest absolute Gasteiger partial charge is 0.265 e. The van der Waals surface area contributed by atoms with Crippen LogP contribution in [0.4, 0.5) is 8.78 Å². The second-order valence-corrected chi connectivity index (χ2v) is 3.36. The first-order chi connectivity index (χ1) is 4.46.